The molecule has 3 aliphatic rings. The standard InChI is InChI=1S/C50H33N.C46H31N3.C40H27N3/c1-50(2)44-22-12-11-21-42(44)49-48(50)47(46-33-14-4-3-13-30(33)24-28-45(46)51-49)41-27-26-32(34-15-5-9-19-38(34)41)31-23-25-40-37-18-7-6-16-35(37)36-17-8-10-20-39(36)43(40)29-31;1-46(2)36-23-13-12-22-35(36)44-43(46)42(41-30-17-7-6-14-28(30)24-25-37(41)48-44)40-33-20-10-8-18-31(33)39(32-19-9-11-21-34(32)40)38-26-27-47-45(49-38)29-15-4-3-5-16-29;1-40(2)31-18-10-9-17-30(31)39-38(40)37(36-25-12-4-3-11-24(25)19-20-32(36)43-39)35-28-15-7-5-13-26(28)34(33-23-41-21-22-42-33)27-14-6-8-16-29(27)35/h3-29H,1-2H3;3-27H,1-2H3;3-23H,1-2H3. The van der Waals surface area contributed by atoms with E-state index in [9.17, 15) is 0 Å². The third-order valence-electron chi connectivity index (χ3n) is 31.4. The quantitative estimate of drug-likeness (QED) is 0.116. The molecule has 30 rings (SSSR count). The molecule has 27 aromatic rings. The summed E-state index contributed by atoms with van der Waals surface area (Å²) < 4.78 is 0. The van der Waals surface area contributed by atoms with E-state index in [4.69, 9.17) is 24.9 Å². The summed E-state index contributed by atoms with van der Waals surface area (Å²) >= 11 is 0. The summed E-state index contributed by atoms with van der Waals surface area (Å²) in [6.45, 7) is 14.2. The molecule has 5 aromatic heterocycles. The van der Waals surface area contributed by atoms with Crippen molar-refractivity contribution in [2.75, 3.05) is 0 Å². The maximum Gasteiger partial charge on any atom is 0.159 e. The summed E-state index contributed by atoms with van der Waals surface area (Å²) in [6.07, 6.45) is 7.28. The summed E-state index contributed by atoms with van der Waals surface area (Å²) in [5.74, 6) is 0.722. The summed E-state index contributed by atoms with van der Waals surface area (Å²) in [7, 11) is 0. The van der Waals surface area contributed by atoms with Crippen LogP contribution < -0.4 is 0 Å². The van der Waals surface area contributed by atoms with E-state index in [0.29, 0.717) is 0 Å². The molecule has 7 nitrogen and oxygen atoms in total. The molecule has 3 aliphatic carbocycles. The van der Waals surface area contributed by atoms with Crippen LogP contribution in [0.4, 0.5) is 0 Å². The molecule has 7 heteroatoms. The fourth-order valence-corrected chi connectivity index (χ4v) is 25.2. The molecule has 22 aromatic carbocycles. The van der Waals surface area contributed by atoms with Crippen LogP contribution in [0, 0.1) is 0 Å². The van der Waals surface area contributed by atoms with Crippen LogP contribution in [0.15, 0.2) is 443 Å². The highest BCUT2D eigenvalue weighted by Gasteiger charge is 2.45. The van der Waals surface area contributed by atoms with Crippen LogP contribution in [0.5, 0.6) is 0 Å². The zero-order chi connectivity index (χ0) is 95.2. The monoisotopic (exact) mass is 1820 g/mol. The van der Waals surface area contributed by atoms with E-state index in [2.05, 4.69) is 446 Å². The molecule has 0 amide bonds. The molecule has 0 spiro atoms. The smallest absolute Gasteiger partial charge is 0.159 e. The largest absolute Gasteiger partial charge is 0.261 e. The summed E-state index contributed by atoms with van der Waals surface area (Å²) in [6, 6.07) is 152. The Kier molecular flexibility index (Phi) is 18.7. The number of aromatic nitrogens is 7. The second-order valence-corrected chi connectivity index (χ2v) is 40.1. The average molecular weight is 1820 g/mol. The van der Waals surface area contributed by atoms with E-state index in [1.807, 2.05) is 36.7 Å². The van der Waals surface area contributed by atoms with Crippen LogP contribution in [-0.4, -0.2) is 34.9 Å². The van der Waals surface area contributed by atoms with Gasteiger partial charge < -0.3 is 0 Å². The van der Waals surface area contributed by atoms with Gasteiger partial charge in [0.1, 0.15) is 0 Å². The van der Waals surface area contributed by atoms with Gasteiger partial charge in [-0.25, -0.2) is 24.9 Å². The van der Waals surface area contributed by atoms with Crippen molar-refractivity contribution < 1.29 is 0 Å². The lowest BCUT2D eigenvalue weighted by Gasteiger charge is -2.27. The highest BCUT2D eigenvalue weighted by molar-refractivity contribution is 6.31. The minimum Gasteiger partial charge on any atom is -0.261 e. The van der Waals surface area contributed by atoms with Crippen LogP contribution in [0.3, 0.4) is 0 Å². The number of fused-ring (bicyclic) bond motifs is 29. The first kappa shape index (κ1) is 83.3. The Balaban J connectivity index is 0.000000105. The maximum absolute atomic E-state index is 5.48. The molecule has 5 heterocycles. The lowest BCUT2D eigenvalue weighted by atomic mass is 9.76. The van der Waals surface area contributed by atoms with Gasteiger partial charge in [-0.2, -0.15) is 0 Å². The Morgan fingerprint density at radius 3 is 0.937 bits per heavy atom. The van der Waals surface area contributed by atoms with E-state index in [0.717, 1.165) is 67.5 Å². The molecule has 0 radical (unpaired) electrons. The fraction of sp³-hybridized carbons (Fsp3) is 0.0662. The van der Waals surface area contributed by atoms with Crippen molar-refractivity contribution in [3.63, 3.8) is 0 Å². The van der Waals surface area contributed by atoms with Gasteiger partial charge in [-0.3, -0.25) is 9.97 Å². The molecule has 0 unspecified atom stereocenters. The van der Waals surface area contributed by atoms with E-state index in [-0.39, 0.29) is 16.2 Å². The molecular weight excluding hydrogens is 1730 g/mol. The van der Waals surface area contributed by atoms with Gasteiger partial charge in [0, 0.05) is 84.4 Å². The minimum atomic E-state index is -0.266. The lowest BCUT2D eigenvalue weighted by Crippen LogP contribution is -2.17. The van der Waals surface area contributed by atoms with Gasteiger partial charge in [0.05, 0.1) is 51.2 Å². The number of nitrogens with zero attached hydrogens (tertiary/aromatic N) is 7. The molecule has 670 valence electrons. The van der Waals surface area contributed by atoms with Gasteiger partial charge in [-0.05, 0) is 227 Å². The van der Waals surface area contributed by atoms with Crippen LogP contribution in [0.2, 0.25) is 0 Å². The summed E-state index contributed by atoms with van der Waals surface area (Å²) in [5, 5.41) is 30.8. The number of hydrogen-bond acceptors (Lipinski definition) is 7. The third kappa shape index (κ3) is 12.5. The van der Waals surface area contributed by atoms with Gasteiger partial charge in [-0.15, -0.1) is 0 Å². The number of pyridine rings is 3. The highest BCUT2D eigenvalue weighted by Crippen LogP contribution is 2.62. The summed E-state index contributed by atoms with van der Waals surface area (Å²) in [4.78, 5) is 35.5. The first-order valence-electron chi connectivity index (χ1n) is 49.6. The van der Waals surface area contributed by atoms with Crippen LogP contribution in [0.25, 0.3) is 263 Å². The van der Waals surface area contributed by atoms with Crippen molar-refractivity contribution in [3.8, 4) is 112 Å². The van der Waals surface area contributed by atoms with Crippen LogP contribution in [0.1, 0.15) is 74.9 Å². The number of rotatable bonds is 7. The van der Waals surface area contributed by atoms with E-state index in [1.165, 1.54) is 229 Å². The Bertz CT molecular complexity index is 10000. The maximum atomic E-state index is 5.48. The molecule has 0 N–H and O–H groups in total. The molecule has 0 saturated carbocycles. The van der Waals surface area contributed by atoms with E-state index in [1.54, 1.807) is 12.4 Å². The number of benzene rings is 22. The molecule has 143 heavy (non-hydrogen) atoms. The van der Waals surface area contributed by atoms with Crippen molar-refractivity contribution in [1.29, 1.82) is 0 Å². The summed E-state index contributed by atoms with van der Waals surface area (Å²) in [5.41, 5.74) is 32.3. The molecule has 0 saturated heterocycles. The van der Waals surface area contributed by atoms with Crippen molar-refractivity contribution in [3.05, 3.63) is 477 Å². The van der Waals surface area contributed by atoms with E-state index < -0.39 is 0 Å². The normalized spacial score (nSPS) is 13.4. The Morgan fingerprint density at radius 1 is 0.189 bits per heavy atom. The van der Waals surface area contributed by atoms with Gasteiger partial charge in [0.2, 0.25) is 0 Å². The first-order valence-corrected chi connectivity index (χ1v) is 49.6. The third-order valence-corrected chi connectivity index (χ3v) is 31.4. The second kappa shape index (κ2) is 32.1. The van der Waals surface area contributed by atoms with Crippen LogP contribution >= 0.6 is 0 Å². The van der Waals surface area contributed by atoms with Gasteiger partial charge in [-0.1, -0.05) is 430 Å². The lowest BCUT2D eigenvalue weighted by molar-refractivity contribution is 0.661. The Labute approximate surface area is 826 Å². The molecule has 0 atom stereocenters. The van der Waals surface area contributed by atoms with Crippen LogP contribution in [-0.2, 0) is 16.2 Å². The van der Waals surface area contributed by atoms with Crippen molar-refractivity contribution in [2.24, 2.45) is 0 Å². The Morgan fingerprint density at radius 2 is 0.517 bits per heavy atom. The highest BCUT2D eigenvalue weighted by atomic mass is 14.9. The number of hydrogen-bond donors (Lipinski definition) is 0. The van der Waals surface area contributed by atoms with Gasteiger partial charge in [0.25, 0.3) is 0 Å². The van der Waals surface area contributed by atoms with Crippen molar-refractivity contribution in [1.82, 2.24) is 34.9 Å². The predicted octanol–water partition coefficient (Wildman–Crippen LogP) is 35.6. The van der Waals surface area contributed by atoms with Crippen molar-refractivity contribution in [2.45, 2.75) is 57.8 Å². The topological polar surface area (TPSA) is 90.2 Å². The molecule has 0 fully saturated rings. The predicted molar refractivity (Wildman–Crippen MR) is 600 cm³/mol. The minimum absolute atomic E-state index is 0.221. The SMILES string of the molecule is CC1(C)c2ccccc2-c2nc3ccc4ccccc4c3c(-c3c4ccccc4c(-c4ccnc(-c5ccccc5)n4)c4ccccc34)c21.CC1(C)c2ccccc2-c2nc3ccc4ccccc4c3c(-c3c4ccccc4c(-c4cnccn4)c4ccccc34)c21.CC1(C)c2ccccc2-c2nc3ccc4ccccc4c3c(-c3ccc(-c4ccc5c6ccccc6c6ccccc6c5c4)c4ccccc34)c21. The fourth-order valence-electron chi connectivity index (χ4n) is 25.2. The zero-order valence-electron chi connectivity index (χ0n) is 79.8. The van der Waals surface area contributed by atoms with Gasteiger partial charge >= 0.3 is 0 Å². The molecular formula is C136H91N7. The molecule has 0 aliphatic heterocycles. The van der Waals surface area contributed by atoms with Gasteiger partial charge in [0.15, 0.2) is 5.82 Å². The molecule has 0 bridgehead atoms. The average Bonchev–Trinajstić information content (AvgIpc) is 1.59. The second-order valence-electron chi connectivity index (χ2n) is 40.1. The zero-order valence-corrected chi connectivity index (χ0v) is 79.8. The Hall–Kier alpha value is -17.9. The van der Waals surface area contributed by atoms with Crippen molar-refractivity contribution >= 4 is 151 Å². The van der Waals surface area contributed by atoms with E-state index >= 15 is 0 Å². The first-order chi connectivity index (χ1) is 70.3.